The van der Waals surface area contributed by atoms with Gasteiger partial charge in [-0.05, 0) is 25.1 Å². The van der Waals surface area contributed by atoms with Crippen LogP contribution in [-0.4, -0.2) is 22.2 Å². The first-order valence-corrected chi connectivity index (χ1v) is 6.97. The highest BCUT2D eigenvalue weighted by atomic mass is 19.4. The van der Waals surface area contributed by atoms with E-state index in [2.05, 4.69) is 10.4 Å². The maximum Gasteiger partial charge on any atom is 0.416 e. The van der Waals surface area contributed by atoms with Crippen LogP contribution in [0.5, 0.6) is 0 Å². The zero-order valence-electron chi connectivity index (χ0n) is 12.7. The number of carbonyl (C=O) groups excluding carboxylic acids is 1. The minimum Gasteiger partial charge on any atom is -0.330 e. The van der Waals surface area contributed by atoms with Gasteiger partial charge in [-0.1, -0.05) is 13.0 Å². The Balaban J connectivity index is 2.39. The molecule has 23 heavy (non-hydrogen) atoms. The Bertz CT molecular complexity index is 709. The van der Waals surface area contributed by atoms with E-state index < -0.39 is 17.7 Å². The van der Waals surface area contributed by atoms with Crippen molar-refractivity contribution in [1.29, 1.82) is 0 Å². The van der Waals surface area contributed by atoms with Crippen molar-refractivity contribution in [3.8, 4) is 5.69 Å². The Labute approximate surface area is 131 Å². The van der Waals surface area contributed by atoms with Gasteiger partial charge in [0, 0.05) is 18.5 Å². The SMILES string of the molecule is Cc1cc(NC(=O)C(C)CN)n(-c2cccc(C(F)(F)F)c2)n1. The Kier molecular flexibility index (Phi) is 4.74. The minimum absolute atomic E-state index is 0.169. The van der Waals surface area contributed by atoms with Gasteiger partial charge in [-0.25, -0.2) is 4.68 Å². The molecule has 3 N–H and O–H groups in total. The first kappa shape index (κ1) is 17.0. The smallest absolute Gasteiger partial charge is 0.330 e. The monoisotopic (exact) mass is 326 g/mol. The van der Waals surface area contributed by atoms with Crippen LogP contribution in [-0.2, 0) is 11.0 Å². The van der Waals surface area contributed by atoms with Crippen LogP contribution in [0.2, 0.25) is 0 Å². The number of hydrogen-bond acceptors (Lipinski definition) is 3. The summed E-state index contributed by atoms with van der Waals surface area (Å²) in [5.41, 5.74) is 5.44. The Morgan fingerprint density at radius 2 is 2.09 bits per heavy atom. The maximum atomic E-state index is 12.8. The van der Waals surface area contributed by atoms with Crippen LogP contribution >= 0.6 is 0 Å². The van der Waals surface area contributed by atoms with Gasteiger partial charge in [-0.2, -0.15) is 18.3 Å². The first-order valence-electron chi connectivity index (χ1n) is 6.97. The third-order valence-electron chi connectivity index (χ3n) is 3.30. The highest BCUT2D eigenvalue weighted by molar-refractivity contribution is 5.92. The summed E-state index contributed by atoms with van der Waals surface area (Å²) in [6.45, 7) is 3.52. The second kappa shape index (κ2) is 6.41. The zero-order chi connectivity index (χ0) is 17.2. The fourth-order valence-electron chi connectivity index (χ4n) is 1.96. The van der Waals surface area contributed by atoms with E-state index >= 15 is 0 Å². The van der Waals surface area contributed by atoms with E-state index in [0.29, 0.717) is 11.5 Å². The molecule has 1 aromatic heterocycles. The summed E-state index contributed by atoms with van der Waals surface area (Å²) in [5, 5.41) is 6.78. The Hall–Kier alpha value is -2.35. The number of amides is 1. The van der Waals surface area contributed by atoms with Gasteiger partial charge in [-0.15, -0.1) is 0 Å². The standard InChI is InChI=1S/C15H17F3N4O/c1-9(8-19)14(23)20-13-6-10(2)21-22(13)12-5-3-4-11(7-12)15(16,17)18/h3-7,9H,8,19H2,1-2H3,(H,20,23). The largest absolute Gasteiger partial charge is 0.416 e. The molecule has 1 amide bonds. The fourth-order valence-corrected chi connectivity index (χ4v) is 1.96. The van der Waals surface area contributed by atoms with Crippen molar-refractivity contribution in [2.24, 2.45) is 11.7 Å². The number of alkyl halides is 3. The molecule has 1 aromatic carbocycles. The lowest BCUT2D eigenvalue weighted by Gasteiger charge is -2.13. The molecule has 0 bridgehead atoms. The van der Waals surface area contributed by atoms with Crippen molar-refractivity contribution >= 4 is 11.7 Å². The number of rotatable bonds is 4. The van der Waals surface area contributed by atoms with Gasteiger partial charge in [0.25, 0.3) is 0 Å². The fraction of sp³-hybridized carbons (Fsp3) is 0.333. The van der Waals surface area contributed by atoms with E-state index in [1.54, 1.807) is 19.9 Å². The summed E-state index contributed by atoms with van der Waals surface area (Å²) >= 11 is 0. The van der Waals surface area contributed by atoms with Gasteiger partial charge in [0.15, 0.2) is 0 Å². The number of aromatic nitrogens is 2. The van der Waals surface area contributed by atoms with Crippen molar-refractivity contribution in [1.82, 2.24) is 9.78 Å². The van der Waals surface area contributed by atoms with E-state index in [0.717, 1.165) is 12.1 Å². The first-order chi connectivity index (χ1) is 10.7. The van der Waals surface area contributed by atoms with Crippen LogP contribution in [0.1, 0.15) is 18.2 Å². The second-order valence-electron chi connectivity index (χ2n) is 5.26. The molecule has 0 radical (unpaired) electrons. The molecule has 0 aliphatic heterocycles. The molecule has 2 rings (SSSR count). The molecule has 0 fully saturated rings. The molecule has 0 aliphatic rings. The lowest BCUT2D eigenvalue weighted by atomic mass is 10.1. The third-order valence-corrected chi connectivity index (χ3v) is 3.30. The van der Waals surface area contributed by atoms with E-state index in [-0.39, 0.29) is 18.1 Å². The molecule has 124 valence electrons. The quantitative estimate of drug-likeness (QED) is 0.907. The highest BCUT2D eigenvalue weighted by Gasteiger charge is 2.30. The number of benzene rings is 1. The lowest BCUT2D eigenvalue weighted by molar-refractivity contribution is -0.137. The number of anilines is 1. The average molecular weight is 326 g/mol. The average Bonchev–Trinajstić information content (AvgIpc) is 2.86. The van der Waals surface area contributed by atoms with Crippen LogP contribution in [0.25, 0.3) is 5.69 Å². The van der Waals surface area contributed by atoms with Gasteiger partial charge >= 0.3 is 6.18 Å². The van der Waals surface area contributed by atoms with Crippen LogP contribution in [0.4, 0.5) is 19.0 Å². The molecule has 2 aromatic rings. The number of carbonyl (C=O) groups is 1. The number of nitrogens with one attached hydrogen (secondary N) is 1. The number of aryl methyl sites for hydroxylation is 1. The van der Waals surface area contributed by atoms with Crippen molar-refractivity contribution in [2.75, 3.05) is 11.9 Å². The van der Waals surface area contributed by atoms with E-state index in [4.69, 9.17) is 5.73 Å². The molecule has 1 heterocycles. The highest BCUT2D eigenvalue weighted by Crippen LogP contribution is 2.31. The molecule has 8 heteroatoms. The van der Waals surface area contributed by atoms with Crippen molar-refractivity contribution < 1.29 is 18.0 Å². The molecule has 0 aliphatic carbocycles. The topological polar surface area (TPSA) is 72.9 Å². The van der Waals surface area contributed by atoms with Gasteiger partial charge in [0.2, 0.25) is 5.91 Å². The zero-order valence-corrected chi connectivity index (χ0v) is 12.7. The molecular weight excluding hydrogens is 309 g/mol. The third kappa shape index (κ3) is 3.89. The maximum absolute atomic E-state index is 12.8. The summed E-state index contributed by atoms with van der Waals surface area (Å²) in [7, 11) is 0. The van der Waals surface area contributed by atoms with Crippen molar-refractivity contribution in [2.45, 2.75) is 20.0 Å². The summed E-state index contributed by atoms with van der Waals surface area (Å²) in [5.74, 6) is -0.437. The van der Waals surface area contributed by atoms with Gasteiger partial charge in [0.05, 0.1) is 16.9 Å². The van der Waals surface area contributed by atoms with E-state index in [1.807, 2.05) is 0 Å². The van der Waals surface area contributed by atoms with Crippen LogP contribution < -0.4 is 11.1 Å². The predicted molar refractivity (Wildman–Crippen MR) is 80.2 cm³/mol. The van der Waals surface area contributed by atoms with Gasteiger partial charge < -0.3 is 11.1 Å². The summed E-state index contributed by atoms with van der Waals surface area (Å²) in [6, 6.07) is 6.33. The van der Waals surface area contributed by atoms with Crippen LogP contribution in [0, 0.1) is 12.8 Å². The number of nitrogens with zero attached hydrogens (tertiary/aromatic N) is 2. The normalized spacial score (nSPS) is 13.0. The Morgan fingerprint density at radius 1 is 1.39 bits per heavy atom. The molecule has 1 unspecified atom stereocenters. The summed E-state index contributed by atoms with van der Waals surface area (Å²) < 4.78 is 39.8. The molecule has 0 spiro atoms. The molecule has 5 nitrogen and oxygen atoms in total. The molecule has 0 saturated carbocycles. The summed E-state index contributed by atoms with van der Waals surface area (Å²) in [6.07, 6.45) is -4.45. The Morgan fingerprint density at radius 3 is 2.70 bits per heavy atom. The lowest BCUT2D eigenvalue weighted by Crippen LogP contribution is -2.27. The van der Waals surface area contributed by atoms with E-state index in [1.165, 1.54) is 16.8 Å². The van der Waals surface area contributed by atoms with Crippen LogP contribution in [0.3, 0.4) is 0 Å². The number of halogens is 3. The number of nitrogens with two attached hydrogens (primary N) is 1. The van der Waals surface area contributed by atoms with Crippen LogP contribution in [0.15, 0.2) is 30.3 Å². The number of hydrogen-bond donors (Lipinski definition) is 2. The summed E-state index contributed by atoms with van der Waals surface area (Å²) in [4.78, 5) is 12.0. The molecular formula is C15H17F3N4O. The van der Waals surface area contributed by atoms with Gasteiger partial charge in [-0.3, -0.25) is 4.79 Å². The predicted octanol–water partition coefficient (Wildman–Crippen LogP) is 2.73. The minimum atomic E-state index is -4.45. The second-order valence-corrected chi connectivity index (χ2v) is 5.26. The molecule has 1 atom stereocenters. The molecule has 0 saturated heterocycles. The van der Waals surface area contributed by atoms with Gasteiger partial charge in [0.1, 0.15) is 5.82 Å². The van der Waals surface area contributed by atoms with Crippen molar-refractivity contribution in [3.63, 3.8) is 0 Å². The van der Waals surface area contributed by atoms with E-state index in [9.17, 15) is 18.0 Å². The van der Waals surface area contributed by atoms with Crippen molar-refractivity contribution in [3.05, 3.63) is 41.6 Å².